The van der Waals surface area contributed by atoms with Crippen LogP contribution in [-0.4, -0.2) is 0 Å². The summed E-state index contributed by atoms with van der Waals surface area (Å²) in [5.74, 6) is 0.196. The molecule has 2 atom stereocenters. The van der Waals surface area contributed by atoms with Crippen molar-refractivity contribution in [2.75, 3.05) is 9.80 Å². The molecule has 0 saturated carbocycles. The minimum atomic E-state index is -0.471. The lowest BCUT2D eigenvalue weighted by molar-refractivity contribution is 0.495. The number of para-hydroxylation sites is 3. The Labute approximate surface area is 400 Å². The van der Waals surface area contributed by atoms with Gasteiger partial charge in [0.05, 0.1) is 11.1 Å². The maximum Gasteiger partial charge on any atom is 0.0543 e. The molecule has 3 aliphatic carbocycles. The molecule has 0 saturated heterocycles. The molecule has 320 valence electrons. The van der Waals surface area contributed by atoms with E-state index in [-0.39, 0.29) is 5.92 Å². The number of benzene rings is 10. The van der Waals surface area contributed by atoms with Crippen LogP contribution in [0.4, 0.5) is 34.1 Å². The van der Waals surface area contributed by atoms with Crippen LogP contribution < -0.4 is 9.80 Å². The van der Waals surface area contributed by atoms with Crippen LogP contribution in [0.15, 0.2) is 249 Å². The lowest BCUT2D eigenvalue weighted by Gasteiger charge is -2.37. The van der Waals surface area contributed by atoms with Crippen LogP contribution in [0.3, 0.4) is 0 Å². The molecule has 2 unspecified atom stereocenters. The van der Waals surface area contributed by atoms with Crippen molar-refractivity contribution in [3.8, 4) is 22.3 Å². The van der Waals surface area contributed by atoms with E-state index in [0.717, 1.165) is 40.5 Å². The molecule has 0 aliphatic heterocycles. The molecule has 10 aromatic carbocycles. The van der Waals surface area contributed by atoms with E-state index < -0.39 is 5.41 Å². The first-order valence-corrected chi connectivity index (χ1v) is 24.5. The molecule has 1 heterocycles. The Morgan fingerprint density at radius 2 is 1.03 bits per heavy atom. The fourth-order valence-electron chi connectivity index (χ4n) is 12.0. The molecule has 0 bridgehead atoms. The normalized spacial score (nSPS) is 16.4. The molecule has 3 heteroatoms. The summed E-state index contributed by atoms with van der Waals surface area (Å²) in [6.07, 6.45) is 8.01. The average Bonchev–Trinajstić information content (AvgIpc) is 4.03. The Morgan fingerprint density at radius 3 is 1.82 bits per heavy atom. The summed E-state index contributed by atoms with van der Waals surface area (Å²) in [5, 5.41) is 5.07. The first-order valence-electron chi connectivity index (χ1n) is 23.7. The molecular formula is C65H44N2S. The van der Waals surface area contributed by atoms with E-state index in [1.165, 1.54) is 81.0 Å². The predicted molar refractivity (Wildman–Crippen MR) is 289 cm³/mol. The number of allylic oxidation sites excluding steroid dienone is 4. The van der Waals surface area contributed by atoms with Gasteiger partial charge in [0, 0.05) is 60.1 Å². The summed E-state index contributed by atoms with van der Waals surface area (Å²) >= 11 is 1.87. The zero-order valence-electron chi connectivity index (χ0n) is 37.3. The van der Waals surface area contributed by atoms with Crippen molar-refractivity contribution in [2.45, 2.75) is 11.8 Å². The van der Waals surface area contributed by atoms with Crippen molar-refractivity contribution >= 4 is 82.0 Å². The standard InChI is InChI=1S/C65H44N2S/c1-4-20-46(21-5-1)66(47-22-6-2-7-23-47)49-34-36-53-51-26-12-15-29-58(51)65(60(53)39-49)59-30-16-13-27-52(59)57-41-56(45-33-32-43-18-10-11-19-44(43)38-45)62(42-61(57)65)67(48-24-8-3-9-25-48)50-35-37-55-54-28-14-17-31-63(54)68-64(55)40-50/h1-28,30-42,58H,29H2. The predicted octanol–water partition coefficient (Wildman–Crippen LogP) is 18.1. The highest BCUT2D eigenvalue weighted by Gasteiger charge is 2.56. The van der Waals surface area contributed by atoms with Gasteiger partial charge in [-0.25, -0.2) is 0 Å². The summed E-state index contributed by atoms with van der Waals surface area (Å²) in [7, 11) is 0. The number of fused-ring (bicyclic) bond motifs is 14. The molecule has 0 amide bonds. The Bertz CT molecular complexity index is 3810. The smallest absolute Gasteiger partial charge is 0.0543 e. The number of hydrogen-bond donors (Lipinski definition) is 0. The Hall–Kier alpha value is -8.24. The second-order valence-electron chi connectivity index (χ2n) is 18.4. The summed E-state index contributed by atoms with van der Waals surface area (Å²) < 4.78 is 2.59. The molecule has 11 aromatic rings. The van der Waals surface area contributed by atoms with Gasteiger partial charge in [0.2, 0.25) is 0 Å². The molecule has 2 nitrogen and oxygen atoms in total. The highest BCUT2D eigenvalue weighted by molar-refractivity contribution is 7.25. The van der Waals surface area contributed by atoms with E-state index in [1.54, 1.807) is 0 Å². The van der Waals surface area contributed by atoms with Crippen LogP contribution in [0.5, 0.6) is 0 Å². The van der Waals surface area contributed by atoms with Gasteiger partial charge in [-0.1, -0.05) is 164 Å². The second kappa shape index (κ2) is 15.4. The van der Waals surface area contributed by atoms with E-state index in [0.29, 0.717) is 0 Å². The minimum Gasteiger partial charge on any atom is -0.310 e. The summed E-state index contributed by atoms with van der Waals surface area (Å²) in [6, 6.07) is 86.0. The zero-order chi connectivity index (χ0) is 44.8. The van der Waals surface area contributed by atoms with E-state index >= 15 is 0 Å². The largest absolute Gasteiger partial charge is 0.310 e. The van der Waals surface area contributed by atoms with E-state index in [2.05, 4.69) is 259 Å². The van der Waals surface area contributed by atoms with Crippen molar-refractivity contribution in [1.29, 1.82) is 0 Å². The third kappa shape index (κ3) is 5.82. The van der Waals surface area contributed by atoms with Gasteiger partial charge in [-0.05, 0) is 147 Å². The van der Waals surface area contributed by atoms with E-state index in [1.807, 2.05) is 11.3 Å². The second-order valence-corrected chi connectivity index (χ2v) is 19.4. The molecule has 1 aromatic heterocycles. The Morgan fingerprint density at radius 1 is 0.397 bits per heavy atom. The monoisotopic (exact) mass is 884 g/mol. The number of hydrogen-bond acceptors (Lipinski definition) is 3. The van der Waals surface area contributed by atoms with Gasteiger partial charge in [0.1, 0.15) is 0 Å². The van der Waals surface area contributed by atoms with Gasteiger partial charge in [-0.2, -0.15) is 0 Å². The minimum absolute atomic E-state index is 0.196. The summed E-state index contributed by atoms with van der Waals surface area (Å²) in [4.78, 5) is 4.95. The molecule has 0 N–H and O–H groups in total. The lowest BCUT2D eigenvalue weighted by Crippen LogP contribution is -2.33. The van der Waals surface area contributed by atoms with Gasteiger partial charge >= 0.3 is 0 Å². The maximum atomic E-state index is 2.60. The molecule has 0 radical (unpaired) electrons. The van der Waals surface area contributed by atoms with Crippen molar-refractivity contribution < 1.29 is 0 Å². The maximum absolute atomic E-state index is 2.60. The molecule has 1 spiro atoms. The quantitative estimate of drug-likeness (QED) is 0.157. The van der Waals surface area contributed by atoms with Crippen LogP contribution in [0.25, 0.3) is 58.8 Å². The van der Waals surface area contributed by atoms with Crippen LogP contribution >= 0.6 is 11.3 Å². The van der Waals surface area contributed by atoms with Crippen LogP contribution in [0, 0.1) is 5.92 Å². The molecule has 68 heavy (non-hydrogen) atoms. The molecule has 14 rings (SSSR count). The first-order chi connectivity index (χ1) is 33.7. The number of thiophene rings is 1. The Balaban J connectivity index is 1.08. The fourth-order valence-corrected chi connectivity index (χ4v) is 13.1. The van der Waals surface area contributed by atoms with Crippen LogP contribution in [0.1, 0.15) is 28.7 Å². The third-order valence-corrected chi connectivity index (χ3v) is 16.0. The van der Waals surface area contributed by atoms with Gasteiger partial charge in [-0.15, -0.1) is 11.3 Å². The van der Waals surface area contributed by atoms with Crippen LogP contribution in [0.2, 0.25) is 0 Å². The van der Waals surface area contributed by atoms with Gasteiger partial charge < -0.3 is 9.80 Å². The highest BCUT2D eigenvalue weighted by Crippen LogP contribution is 2.67. The zero-order valence-corrected chi connectivity index (χ0v) is 38.1. The van der Waals surface area contributed by atoms with Gasteiger partial charge in [0.15, 0.2) is 0 Å². The number of anilines is 6. The van der Waals surface area contributed by atoms with Crippen molar-refractivity contribution in [3.05, 3.63) is 271 Å². The first kappa shape index (κ1) is 39.0. The van der Waals surface area contributed by atoms with Crippen molar-refractivity contribution in [1.82, 2.24) is 0 Å². The summed E-state index contributed by atoms with van der Waals surface area (Å²) in [6.45, 7) is 0. The molecule has 0 fully saturated rings. The third-order valence-electron chi connectivity index (χ3n) is 14.8. The number of nitrogens with zero attached hydrogens (tertiary/aromatic N) is 2. The topological polar surface area (TPSA) is 6.48 Å². The van der Waals surface area contributed by atoms with Crippen LogP contribution in [-0.2, 0) is 5.41 Å². The average molecular weight is 885 g/mol. The van der Waals surface area contributed by atoms with E-state index in [9.17, 15) is 0 Å². The molecular weight excluding hydrogens is 841 g/mol. The van der Waals surface area contributed by atoms with Crippen molar-refractivity contribution in [3.63, 3.8) is 0 Å². The van der Waals surface area contributed by atoms with Gasteiger partial charge in [-0.3, -0.25) is 0 Å². The highest BCUT2D eigenvalue weighted by atomic mass is 32.1. The molecule has 3 aliphatic rings. The lowest BCUT2D eigenvalue weighted by atomic mass is 9.65. The van der Waals surface area contributed by atoms with Gasteiger partial charge in [0.25, 0.3) is 0 Å². The Kier molecular flexibility index (Phi) is 8.84. The van der Waals surface area contributed by atoms with E-state index in [4.69, 9.17) is 0 Å². The number of rotatable bonds is 7. The fraction of sp³-hybridized carbons (Fsp3) is 0.0462. The summed E-state index contributed by atoms with van der Waals surface area (Å²) in [5.41, 5.74) is 18.2. The van der Waals surface area contributed by atoms with Crippen molar-refractivity contribution in [2.24, 2.45) is 5.92 Å². The SMILES string of the molecule is C1=CCC2C(=C1)c1ccc(N(c3ccccc3)c3ccccc3)cc1C21c2ccccc2-c2cc(-c3ccc4ccccc4c3)c(N(c3ccccc3)c3ccc4c(c3)sc3ccccc34)cc21.